The van der Waals surface area contributed by atoms with E-state index in [1.54, 1.807) is 26.8 Å². The van der Waals surface area contributed by atoms with Crippen molar-refractivity contribution < 1.29 is 34.4 Å². The number of phenols is 2. The molecule has 9 heteroatoms. The fourth-order valence-electron chi connectivity index (χ4n) is 3.13. The molecule has 9 nitrogen and oxygen atoms in total. The fourth-order valence-corrected chi connectivity index (χ4v) is 3.13. The third-order valence-electron chi connectivity index (χ3n) is 4.74. The fraction of sp³-hybridized carbons (Fsp3) is 0.160. The van der Waals surface area contributed by atoms with Crippen molar-refractivity contribution in [2.75, 3.05) is 10.6 Å². The Balaban J connectivity index is 1.79. The lowest BCUT2D eigenvalue weighted by Crippen LogP contribution is -2.16. The van der Waals surface area contributed by atoms with Crippen LogP contribution in [-0.4, -0.2) is 39.2 Å². The summed E-state index contributed by atoms with van der Waals surface area (Å²) < 4.78 is 5.62. The Hall–Kier alpha value is -4.53. The zero-order chi connectivity index (χ0) is 25.0. The van der Waals surface area contributed by atoms with Gasteiger partial charge in [-0.3, -0.25) is 9.59 Å². The van der Waals surface area contributed by atoms with Gasteiger partial charge in [0, 0.05) is 11.8 Å². The minimum Gasteiger partial charge on any atom is -0.507 e. The summed E-state index contributed by atoms with van der Waals surface area (Å²) in [5.41, 5.74) is 1.23. The third-order valence-corrected chi connectivity index (χ3v) is 4.74. The number of aromatic carboxylic acids is 1. The highest BCUT2D eigenvalue weighted by atomic mass is 16.5. The molecule has 0 saturated carbocycles. The number of nitrogens with one attached hydrogen (secondary N) is 2. The van der Waals surface area contributed by atoms with Gasteiger partial charge in [0.2, 0.25) is 0 Å². The predicted molar refractivity (Wildman–Crippen MR) is 126 cm³/mol. The lowest BCUT2D eigenvalue weighted by atomic mass is 10.1. The monoisotopic (exact) mass is 464 g/mol. The molecule has 3 aromatic rings. The van der Waals surface area contributed by atoms with E-state index < -0.39 is 23.5 Å². The van der Waals surface area contributed by atoms with Crippen LogP contribution in [0.3, 0.4) is 0 Å². The van der Waals surface area contributed by atoms with Gasteiger partial charge in [-0.05, 0) is 68.8 Å². The smallest absolute Gasteiger partial charge is 0.335 e. The molecule has 0 aliphatic rings. The molecule has 176 valence electrons. The third kappa shape index (κ3) is 5.63. The van der Waals surface area contributed by atoms with Gasteiger partial charge in [0.25, 0.3) is 11.8 Å². The molecule has 0 spiro atoms. The number of aryl methyl sites for hydroxylation is 1. The van der Waals surface area contributed by atoms with E-state index in [-0.39, 0.29) is 45.7 Å². The second-order valence-corrected chi connectivity index (χ2v) is 7.84. The molecule has 3 aromatic carbocycles. The summed E-state index contributed by atoms with van der Waals surface area (Å²) in [5.74, 6) is -2.78. The molecule has 0 aliphatic carbocycles. The maximum absolute atomic E-state index is 12.8. The molecule has 0 fully saturated rings. The molecule has 0 radical (unpaired) electrons. The van der Waals surface area contributed by atoms with Crippen molar-refractivity contribution in [1.82, 2.24) is 0 Å². The van der Waals surface area contributed by atoms with Gasteiger partial charge in [0.05, 0.1) is 28.5 Å². The Bertz CT molecular complexity index is 1270. The quantitative estimate of drug-likeness (QED) is 0.348. The van der Waals surface area contributed by atoms with Gasteiger partial charge < -0.3 is 30.7 Å². The number of carbonyl (C=O) groups is 3. The van der Waals surface area contributed by atoms with Crippen molar-refractivity contribution in [3.63, 3.8) is 0 Å². The maximum atomic E-state index is 12.8. The van der Waals surface area contributed by atoms with Gasteiger partial charge in [-0.2, -0.15) is 0 Å². The predicted octanol–water partition coefficient (Wildman–Crippen LogP) is 4.40. The van der Waals surface area contributed by atoms with Crippen molar-refractivity contribution in [3.05, 3.63) is 76.9 Å². The molecule has 2 amide bonds. The van der Waals surface area contributed by atoms with E-state index in [9.17, 15) is 29.7 Å². The molecule has 3 rings (SSSR count). The summed E-state index contributed by atoms with van der Waals surface area (Å²) in [5, 5.41) is 34.7. The number of carbonyl (C=O) groups excluding carboxylic acids is 2. The molecule has 34 heavy (non-hydrogen) atoms. The van der Waals surface area contributed by atoms with E-state index in [1.165, 1.54) is 48.5 Å². The van der Waals surface area contributed by atoms with Crippen LogP contribution in [-0.2, 0) is 0 Å². The lowest BCUT2D eigenvalue weighted by molar-refractivity contribution is 0.0695. The van der Waals surface area contributed by atoms with Crippen LogP contribution in [0.4, 0.5) is 11.4 Å². The molecule has 0 aromatic heterocycles. The molecule has 0 bridgehead atoms. The van der Waals surface area contributed by atoms with Crippen molar-refractivity contribution in [3.8, 4) is 17.2 Å². The van der Waals surface area contributed by atoms with Crippen LogP contribution in [0.15, 0.2) is 54.6 Å². The Kier molecular flexibility index (Phi) is 7.06. The van der Waals surface area contributed by atoms with Gasteiger partial charge in [0.1, 0.15) is 17.2 Å². The molecular formula is C25H24N2O7. The number of aromatic hydroxyl groups is 2. The van der Waals surface area contributed by atoms with Crippen molar-refractivity contribution in [1.29, 1.82) is 0 Å². The summed E-state index contributed by atoms with van der Waals surface area (Å²) >= 11 is 0. The van der Waals surface area contributed by atoms with Gasteiger partial charge in [-0.25, -0.2) is 4.79 Å². The van der Waals surface area contributed by atoms with Gasteiger partial charge in [0.15, 0.2) is 0 Å². The van der Waals surface area contributed by atoms with Crippen molar-refractivity contribution >= 4 is 29.2 Å². The first-order valence-electron chi connectivity index (χ1n) is 10.3. The van der Waals surface area contributed by atoms with Crippen LogP contribution in [0, 0.1) is 6.92 Å². The van der Waals surface area contributed by atoms with E-state index in [0.717, 1.165) is 5.56 Å². The lowest BCUT2D eigenvalue weighted by Gasteiger charge is -2.16. The number of phenolic OH excluding ortho intramolecular Hbond substituents is 2. The van der Waals surface area contributed by atoms with E-state index in [4.69, 9.17) is 4.74 Å². The molecule has 0 aliphatic heterocycles. The van der Waals surface area contributed by atoms with Crippen LogP contribution in [0.1, 0.15) is 50.5 Å². The standard InChI is InChI=1S/C25H24N2O7/c1-13(2)34-22-11-15(25(32)33)5-9-19(22)27-24(31)18-8-6-16(12-21(18)29)26-23(30)17-7-4-14(3)10-20(17)28/h4-13,28-29H,1-3H3,(H,26,30)(H,27,31)(H,32,33). The van der Waals surface area contributed by atoms with Crippen LogP contribution < -0.4 is 15.4 Å². The largest absolute Gasteiger partial charge is 0.507 e. The summed E-state index contributed by atoms with van der Waals surface area (Å²) in [6.45, 7) is 5.30. The molecule has 0 heterocycles. The van der Waals surface area contributed by atoms with Gasteiger partial charge in [-0.1, -0.05) is 6.07 Å². The average molecular weight is 464 g/mol. The Morgan fingerprint density at radius 1 is 0.824 bits per heavy atom. The Morgan fingerprint density at radius 2 is 1.44 bits per heavy atom. The maximum Gasteiger partial charge on any atom is 0.335 e. The van der Waals surface area contributed by atoms with Crippen LogP contribution >= 0.6 is 0 Å². The van der Waals surface area contributed by atoms with Gasteiger partial charge >= 0.3 is 5.97 Å². The zero-order valence-electron chi connectivity index (χ0n) is 18.7. The molecular weight excluding hydrogens is 440 g/mol. The Labute approximate surface area is 195 Å². The number of hydrogen-bond donors (Lipinski definition) is 5. The number of carboxylic acids is 1. The second-order valence-electron chi connectivity index (χ2n) is 7.84. The molecule has 0 atom stereocenters. The number of rotatable bonds is 7. The summed E-state index contributed by atoms with van der Waals surface area (Å²) in [6, 6.07) is 12.6. The highest BCUT2D eigenvalue weighted by Gasteiger charge is 2.18. The van der Waals surface area contributed by atoms with Crippen LogP contribution in [0.2, 0.25) is 0 Å². The normalized spacial score (nSPS) is 10.6. The first kappa shape index (κ1) is 24.1. The number of hydrogen-bond acceptors (Lipinski definition) is 6. The van der Waals surface area contributed by atoms with Gasteiger partial charge in [-0.15, -0.1) is 0 Å². The minimum absolute atomic E-state index is 0.00351. The first-order chi connectivity index (χ1) is 16.0. The number of ether oxygens (including phenoxy) is 1. The number of anilines is 2. The second kappa shape index (κ2) is 9.95. The zero-order valence-corrected chi connectivity index (χ0v) is 18.7. The highest BCUT2D eigenvalue weighted by molar-refractivity contribution is 6.09. The average Bonchev–Trinajstić information content (AvgIpc) is 2.74. The summed E-state index contributed by atoms with van der Waals surface area (Å²) in [4.78, 5) is 36.4. The highest BCUT2D eigenvalue weighted by Crippen LogP contribution is 2.30. The van der Waals surface area contributed by atoms with Crippen molar-refractivity contribution in [2.24, 2.45) is 0 Å². The van der Waals surface area contributed by atoms with E-state index in [0.29, 0.717) is 0 Å². The minimum atomic E-state index is -1.14. The topological polar surface area (TPSA) is 145 Å². The first-order valence-corrected chi connectivity index (χ1v) is 10.3. The van der Waals surface area contributed by atoms with Crippen LogP contribution in [0.5, 0.6) is 17.2 Å². The molecule has 5 N–H and O–H groups in total. The van der Waals surface area contributed by atoms with E-state index in [1.807, 2.05) is 0 Å². The molecule has 0 saturated heterocycles. The summed E-state index contributed by atoms with van der Waals surface area (Å²) in [6.07, 6.45) is -0.274. The SMILES string of the molecule is Cc1ccc(C(=O)Nc2ccc(C(=O)Nc3ccc(C(=O)O)cc3OC(C)C)c(O)c2)c(O)c1. The van der Waals surface area contributed by atoms with E-state index in [2.05, 4.69) is 10.6 Å². The Morgan fingerprint density at radius 3 is 2.03 bits per heavy atom. The van der Waals surface area contributed by atoms with Crippen LogP contribution in [0.25, 0.3) is 0 Å². The number of carboxylic acid groups (broad SMARTS) is 1. The summed E-state index contributed by atoms with van der Waals surface area (Å²) in [7, 11) is 0. The number of benzene rings is 3. The number of amides is 2. The van der Waals surface area contributed by atoms with E-state index >= 15 is 0 Å². The molecule has 0 unspecified atom stereocenters. The van der Waals surface area contributed by atoms with Crippen molar-refractivity contribution in [2.45, 2.75) is 26.9 Å².